The van der Waals surface area contributed by atoms with Crippen molar-refractivity contribution in [1.82, 2.24) is 4.31 Å². The van der Waals surface area contributed by atoms with Gasteiger partial charge in [-0.2, -0.15) is 4.31 Å². The minimum absolute atomic E-state index is 0.189. The number of nitrogens with two attached hydrogens (primary N) is 1. The maximum absolute atomic E-state index is 12.7. The van der Waals surface area contributed by atoms with E-state index >= 15 is 0 Å². The molecule has 2 atom stereocenters. The molecule has 1 saturated heterocycles. The molecular weight excluding hydrogens is 292 g/mol. The van der Waals surface area contributed by atoms with Crippen LogP contribution in [0.25, 0.3) is 0 Å². The zero-order chi connectivity index (χ0) is 15.8. The summed E-state index contributed by atoms with van der Waals surface area (Å²) >= 11 is 0. The Morgan fingerprint density at radius 3 is 2.38 bits per heavy atom. The Hall–Kier alpha value is -1.60. The number of carboxylic acid groups (broad SMARTS) is 1. The summed E-state index contributed by atoms with van der Waals surface area (Å²) in [6.45, 7) is 4.82. The fraction of sp³-hybridized carbons (Fsp3) is 0.500. The van der Waals surface area contributed by atoms with Crippen LogP contribution >= 0.6 is 0 Å². The first kappa shape index (κ1) is 15.8. The van der Waals surface area contributed by atoms with Crippen LogP contribution in [0.5, 0.6) is 0 Å². The molecule has 0 saturated carbocycles. The molecule has 0 spiro atoms. The van der Waals surface area contributed by atoms with Gasteiger partial charge in [0.15, 0.2) is 0 Å². The molecule has 116 valence electrons. The Balaban J connectivity index is 2.47. The minimum atomic E-state index is -3.82. The molecule has 1 aromatic rings. The van der Waals surface area contributed by atoms with E-state index < -0.39 is 16.0 Å². The predicted molar refractivity (Wildman–Crippen MR) is 79.5 cm³/mol. The van der Waals surface area contributed by atoms with Gasteiger partial charge in [-0.25, -0.2) is 13.2 Å². The molecule has 0 radical (unpaired) electrons. The number of piperidine rings is 1. The van der Waals surface area contributed by atoms with Gasteiger partial charge in [0.05, 0.1) is 10.5 Å². The second-order valence-corrected chi connectivity index (χ2v) is 7.74. The zero-order valence-corrected chi connectivity index (χ0v) is 12.9. The summed E-state index contributed by atoms with van der Waals surface area (Å²) in [4.78, 5) is 11.1. The second kappa shape index (κ2) is 5.65. The molecule has 1 fully saturated rings. The fourth-order valence-corrected chi connectivity index (χ4v) is 4.72. The van der Waals surface area contributed by atoms with E-state index in [1.165, 1.54) is 22.5 Å². The topological polar surface area (TPSA) is 101 Å². The number of carbonyl (C=O) groups is 1. The van der Waals surface area contributed by atoms with Crippen molar-refractivity contribution in [3.63, 3.8) is 0 Å². The molecule has 1 heterocycles. The van der Waals surface area contributed by atoms with Crippen molar-refractivity contribution in [3.05, 3.63) is 23.8 Å². The third-order valence-corrected chi connectivity index (χ3v) is 5.58. The van der Waals surface area contributed by atoms with Crippen LogP contribution in [0.4, 0.5) is 5.69 Å². The Kier molecular flexibility index (Phi) is 4.25. The van der Waals surface area contributed by atoms with Crippen molar-refractivity contribution in [1.29, 1.82) is 0 Å². The van der Waals surface area contributed by atoms with Crippen molar-refractivity contribution in [2.45, 2.75) is 25.2 Å². The monoisotopic (exact) mass is 312 g/mol. The van der Waals surface area contributed by atoms with Gasteiger partial charge in [0.2, 0.25) is 10.0 Å². The molecule has 21 heavy (non-hydrogen) atoms. The number of rotatable bonds is 3. The molecule has 0 aromatic heterocycles. The van der Waals surface area contributed by atoms with Crippen molar-refractivity contribution >= 4 is 21.7 Å². The average Bonchev–Trinajstić information content (AvgIpc) is 2.37. The van der Waals surface area contributed by atoms with E-state index in [1.807, 2.05) is 13.8 Å². The minimum Gasteiger partial charge on any atom is -0.478 e. The van der Waals surface area contributed by atoms with Crippen LogP contribution in [0.15, 0.2) is 23.1 Å². The SMILES string of the molecule is CC1CC(C)CN(S(=O)(=O)c2ccc(N)cc2C(=O)O)C1. The van der Waals surface area contributed by atoms with Crippen molar-refractivity contribution in [2.24, 2.45) is 11.8 Å². The van der Waals surface area contributed by atoms with Gasteiger partial charge in [0.25, 0.3) is 0 Å². The summed E-state index contributed by atoms with van der Waals surface area (Å²) in [5.41, 5.74) is 5.51. The van der Waals surface area contributed by atoms with Gasteiger partial charge in [-0.05, 0) is 36.5 Å². The number of nitrogen functional groups attached to an aromatic ring is 1. The average molecular weight is 312 g/mol. The predicted octanol–water partition coefficient (Wildman–Crippen LogP) is 1.63. The van der Waals surface area contributed by atoms with E-state index in [0.29, 0.717) is 13.1 Å². The zero-order valence-electron chi connectivity index (χ0n) is 12.1. The number of carboxylic acids is 1. The molecule has 1 aliphatic heterocycles. The van der Waals surface area contributed by atoms with Crippen LogP contribution in [0.2, 0.25) is 0 Å². The van der Waals surface area contributed by atoms with Crippen LogP contribution in [0.1, 0.15) is 30.6 Å². The highest BCUT2D eigenvalue weighted by molar-refractivity contribution is 7.89. The van der Waals surface area contributed by atoms with Crippen molar-refractivity contribution < 1.29 is 18.3 Å². The lowest BCUT2D eigenvalue weighted by molar-refractivity contribution is 0.0692. The molecule has 1 aromatic carbocycles. The molecule has 3 N–H and O–H groups in total. The fourth-order valence-electron chi connectivity index (χ4n) is 2.88. The largest absolute Gasteiger partial charge is 0.478 e. The molecular formula is C14H20N2O4S. The van der Waals surface area contributed by atoms with E-state index in [2.05, 4.69) is 0 Å². The number of hydrogen-bond donors (Lipinski definition) is 2. The quantitative estimate of drug-likeness (QED) is 0.826. The van der Waals surface area contributed by atoms with Gasteiger partial charge in [0, 0.05) is 18.8 Å². The summed E-state index contributed by atoms with van der Waals surface area (Å²) in [5.74, 6) is -0.782. The molecule has 2 rings (SSSR count). The van der Waals surface area contributed by atoms with E-state index in [-0.39, 0.29) is 28.0 Å². The lowest BCUT2D eigenvalue weighted by atomic mass is 9.94. The Morgan fingerprint density at radius 2 is 1.86 bits per heavy atom. The lowest BCUT2D eigenvalue weighted by Crippen LogP contribution is -2.42. The number of benzene rings is 1. The maximum atomic E-state index is 12.7. The lowest BCUT2D eigenvalue weighted by Gasteiger charge is -2.34. The van der Waals surface area contributed by atoms with Gasteiger partial charge in [0.1, 0.15) is 0 Å². The first-order valence-corrected chi connectivity index (χ1v) is 8.28. The van der Waals surface area contributed by atoms with Gasteiger partial charge in [-0.3, -0.25) is 0 Å². The summed E-state index contributed by atoms with van der Waals surface area (Å²) < 4.78 is 26.9. The molecule has 0 bridgehead atoms. The van der Waals surface area contributed by atoms with Crippen LogP contribution < -0.4 is 5.73 Å². The second-order valence-electron chi connectivity index (χ2n) is 5.83. The van der Waals surface area contributed by atoms with Crippen LogP contribution in [0, 0.1) is 11.8 Å². The Morgan fingerprint density at radius 1 is 1.29 bits per heavy atom. The van der Waals surface area contributed by atoms with Gasteiger partial charge < -0.3 is 10.8 Å². The van der Waals surface area contributed by atoms with E-state index in [4.69, 9.17) is 5.73 Å². The summed E-state index contributed by atoms with van der Waals surface area (Å²) in [6.07, 6.45) is 0.972. The van der Waals surface area contributed by atoms with Crippen LogP contribution in [-0.4, -0.2) is 36.9 Å². The number of nitrogens with zero attached hydrogens (tertiary/aromatic N) is 1. The van der Waals surface area contributed by atoms with Crippen molar-refractivity contribution in [3.8, 4) is 0 Å². The van der Waals surface area contributed by atoms with Gasteiger partial charge in [-0.1, -0.05) is 13.8 Å². The van der Waals surface area contributed by atoms with E-state index in [9.17, 15) is 18.3 Å². The number of aromatic carboxylic acids is 1. The molecule has 0 aliphatic carbocycles. The van der Waals surface area contributed by atoms with E-state index in [1.54, 1.807) is 0 Å². The highest BCUT2D eigenvalue weighted by atomic mass is 32.2. The number of sulfonamides is 1. The summed E-state index contributed by atoms with van der Waals surface area (Å²) in [6, 6.07) is 3.88. The molecule has 6 nitrogen and oxygen atoms in total. The number of hydrogen-bond acceptors (Lipinski definition) is 4. The Labute approximate surface area is 124 Å². The van der Waals surface area contributed by atoms with Gasteiger partial charge in [-0.15, -0.1) is 0 Å². The highest BCUT2D eigenvalue weighted by Crippen LogP contribution is 2.29. The maximum Gasteiger partial charge on any atom is 0.337 e. The van der Waals surface area contributed by atoms with E-state index in [0.717, 1.165) is 6.42 Å². The van der Waals surface area contributed by atoms with Crippen LogP contribution in [-0.2, 0) is 10.0 Å². The molecule has 7 heteroatoms. The standard InChI is InChI=1S/C14H20N2O4S/c1-9-5-10(2)8-16(7-9)21(19,20)13-4-3-11(15)6-12(13)14(17)18/h3-4,6,9-10H,5,7-8,15H2,1-2H3,(H,17,18). The van der Waals surface area contributed by atoms with Crippen LogP contribution in [0.3, 0.4) is 0 Å². The molecule has 1 aliphatic rings. The summed E-state index contributed by atoms with van der Waals surface area (Å²) in [7, 11) is -3.82. The normalized spacial score (nSPS) is 23.9. The molecule has 0 amide bonds. The first-order chi connectivity index (χ1) is 9.71. The highest BCUT2D eigenvalue weighted by Gasteiger charge is 2.34. The third kappa shape index (κ3) is 3.19. The Bertz CT molecular complexity index is 647. The van der Waals surface area contributed by atoms with Gasteiger partial charge >= 0.3 is 5.97 Å². The summed E-state index contributed by atoms with van der Waals surface area (Å²) in [5, 5.41) is 9.22. The van der Waals surface area contributed by atoms with Crippen molar-refractivity contribution in [2.75, 3.05) is 18.8 Å². The first-order valence-electron chi connectivity index (χ1n) is 6.84. The molecule has 2 unspecified atom stereocenters. The smallest absolute Gasteiger partial charge is 0.337 e. The number of anilines is 1. The third-order valence-electron chi connectivity index (χ3n) is 3.69.